The van der Waals surface area contributed by atoms with Crippen LogP contribution >= 0.6 is 0 Å². The Balaban J connectivity index is 1.61. The van der Waals surface area contributed by atoms with Crippen molar-refractivity contribution in [1.29, 1.82) is 0 Å². The minimum absolute atomic E-state index is 0.127. The Bertz CT molecular complexity index is 828. The fourth-order valence-electron chi connectivity index (χ4n) is 3.58. The van der Waals surface area contributed by atoms with E-state index in [1.54, 1.807) is 13.2 Å². The van der Waals surface area contributed by atoms with Crippen LogP contribution in [0.3, 0.4) is 0 Å². The number of nitrogens with zero attached hydrogens (tertiary/aromatic N) is 4. The lowest BCUT2D eigenvalue weighted by Crippen LogP contribution is -2.54. The molecule has 0 bridgehead atoms. The number of likely N-dealkylation sites (N-methyl/N-ethyl adjacent to an activating group) is 1. The molecule has 2 aromatic rings. The number of piperidine rings is 1. The number of carboxylic acids is 1. The average Bonchev–Trinajstić information content (AvgIpc) is 3.09. The average molecular weight is 375 g/mol. The second-order valence-electron chi connectivity index (χ2n) is 7.15. The molecule has 1 fully saturated rings. The van der Waals surface area contributed by atoms with E-state index < -0.39 is 29.9 Å². The summed E-state index contributed by atoms with van der Waals surface area (Å²) in [5, 5.41) is 19.7. The van der Waals surface area contributed by atoms with E-state index in [2.05, 4.69) is 9.88 Å². The molecule has 3 heterocycles. The molecule has 1 saturated heterocycles. The van der Waals surface area contributed by atoms with Crippen LogP contribution in [0.5, 0.6) is 0 Å². The molecule has 3 rings (SSSR count). The highest BCUT2D eigenvalue weighted by Crippen LogP contribution is 2.27. The fourth-order valence-corrected chi connectivity index (χ4v) is 3.58. The molecular weight excluding hydrogens is 350 g/mol. The largest absolute Gasteiger partial charge is 0.481 e. The Hall–Kier alpha value is -2.65. The first-order chi connectivity index (χ1) is 12.8. The minimum atomic E-state index is -1.12. The van der Waals surface area contributed by atoms with Gasteiger partial charge in [-0.05, 0) is 25.0 Å². The number of hydrogen-bond acceptors (Lipinski definition) is 6. The molecule has 1 atom stereocenters. The van der Waals surface area contributed by atoms with Crippen molar-refractivity contribution < 1.29 is 19.8 Å². The number of carbonyl (C=O) groups excluding carboxylic acids is 1. The molecule has 1 aliphatic rings. The highest BCUT2D eigenvalue weighted by atomic mass is 16.4. The Morgan fingerprint density at radius 2 is 2.07 bits per heavy atom. The molecule has 146 valence electrons. The van der Waals surface area contributed by atoms with Crippen molar-refractivity contribution in [2.45, 2.75) is 30.9 Å². The van der Waals surface area contributed by atoms with Gasteiger partial charge in [-0.2, -0.15) is 0 Å². The maximum Gasteiger partial charge on any atom is 0.305 e. The molecule has 1 aliphatic heterocycles. The molecule has 1 amide bonds. The minimum Gasteiger partial charge on any atom is -0.481 e. The number of fused-ring (bicyclic) bond motifs is 1. The van der Waals surface area contributed by atoms with Crippen LogP contribution in [0.4, 0.5) is 5.82 Å². The molecule has 0 aromatic carbocycles. The van der Waals surface area contributed by atoms with E-state index in [4.69, 9.17) is 10.8 Å². The predicted molar refractivity (Wildman–Crippen MR) is 99.5 cm³/mol. The number of hydrogen-bond donors (Lipinski definition) is 3. The van der Waals surface area contributed by atoms with Crippen LogP contribution in [0.25, 0.3) is 5.65 Å². The van der Waals surface area contributed by atoms with Crippen LogP contribution in [0, 0.1) is 0 Å². The zero-order valence-corrected chi connectivity index (χ0v) is 15.3. The third-order valence-corrected chi connectivity index (χ3v) is 5.04. The summed E-state index contributed by atoms with van der Waals surface area (Å²) in [5.74, 6) is -0.582. The summed E-state index contributed by atoms with van der Waals surface area (Å²) in [6.07, 6.45) is 4.21. The highest BCUT2D eigenvalue weighted by molar-refractivity contribution is 5.85. The fraction of sp³-hybridized carbons (Fsp3) is 0.500. The van der Waals surface area contributed by atoms with E-state index in [1.165, 1.54) is 4.90 Å². The zero-order chi connectivity index (χ0) is 19.6. The number of aromatic nitrogens is 2. The number of nitrogens with two attached hydrogens (primary N) is 1. The number of imidazole rings is 1. The number of carbonyl (C=O) groups is 2. The van der Waals surface area contributed by atoms with E-state index in [0.717, 1.165) is 11.5 Å². The molecule has 27 heavy (non-hydrogen) atoms. The van der Waals surface area contributed by atoms with Crippen molar-refractivity contribution in [3.63, 3.8) is 0 Å². The van der Waals surface area contributed by atoms with Gasteiger partial charge in [0.05, 0.1) is 18.1 Å². The van der Waals surface area contributed by atoms with Crippen molar-refractivity contribution in [3.05, 3.63) is 30.6 Å². The first-order valence-corrected chi connectivity index (χ1v) is 8.91. The number of rotatable bonds is 6. The van der Waals surface area contributed by atoms with Gasteiger partial charge in [-0.1, -0.05) is 6.07 Å². The topological polar surface area (TPSA) is 124 Å². The summed E-state index contributed by atoms with van der Waals surface area (Å²) in [7, 11) is 1.54. The molecule has 0 spiro atoms. The second kappa shape index (κ2) is 7.53. The van der Waals surface area contributed by atoms with E-state index in [-0.39, 0.29) is 6.54 Å². The van der Waals surface area contributed by atoms with Gasteiger partial charge in [0.15, 0.2) is 0 Å². The van der Waals surface area contributed by atoms with Gasteiger partial charge in [-0.25, -0.2) is 4.98 Å². The Labute approximate surface area is 157 Å². The van der Waals surface area contributed by atoms with Crippen LogP contribution in [0.2, 0.25) is 0 Å². The van der Waals surface area contributed by atoms with Crippen molar-refractivity contribution in [2.24, 2.45) is 5.73 Å². The smallest absolute Gasteiger partial charge is 0.305 e. The molecule has 0 saturated carbocycles. The van der Waals surface area contributed by atoms with Crippen molar-refractivity contribution >= 4 is 23.3 Å². The van der Waals surface area contributed by atoms with E-state index in [9.17, 15) is 14.7 Å². The first-order valence-electron chi connectivity index (χ1n) is 8.91. The van der Waals surface area contributed by atoms with Gasteiger partial charge in [-0.3, -0.25) is 14.0 Å². The van der Waals surface area contributed by atoms with Crippen LogP contribution in [-0.2, 0) is 9.59 Å². The molecule has 0 radical (unpaired) electrons. The van der Waals surface area contributed by atoms with Crippen molar-refractivity contribution in [2.75, 3.05) is 31.6 Å². The van der Waals surface area contributed by atoms with Gasteiger partial charge in [0.1, 0.15) is 11.5 Å². The molecular formula is C18H25N5O4. The van der Waals surface area contributed by atoms with Gasteiger partial charge in [0.25, 0.3) is 0 Å². The third kappa shape index (κ3) is 4.20. The quantitative estimate of drug-likeness (QED) is 0.645. The maximum atomic E-state index is 12.2. The van der Waals surface area contributed by atoms with Crippen LogP contribution in [-0.4, -0.2) is 74.7 Å². The third-order valence-electron chi connectivity index (χ3n) is 5.04. The van der Waals surface area contributed by atoms with Gasteiger partial charge >= 0.3 is 5.97 Å². The SMILES string of the molecule is CN(CC1(O)CCN(c2cccc3nccn23)CC1)C(=O)[C@@H](N)CC(=O)O. The summed E-state index contributed by atoms with van der Waals surface area (Å²) in [5.41, 5.74) is 5.48. The van der Waals surface area contributed by atoms with E-state index in [0.29, 0.717) is 25.9 Å². The van der Waals surface area contributed by atoms with Crippen molar-refractivity contribution in [1.82, 2.24) is 14.3 Å². The maximum absolute atomic E-state index is 12.2. The van der Waals surface area contributed by atoms with Gasteiger partial charge in [-0.15, -0.1) is 0 Å². The lowest BCUT2D eigenvalue weighted by molar-refractivity contribution is -0.142. The van der Waals surface area contributed by atoms with Gasteiger partial charge < -0.3 is 25.7 Å². The van der Waals surface area contributed by atoms with Crippen LogP contribution in [0.15, 0.2) is 30.6 Å². The summed E-state index contributed by atoms with van der Waals surface area (Å²) in [6.45, 7) is 1.40. The zero-order valence-electron chi connectivity index (χ0n) is 15.3. The molecule has 2 aromatic heterocycles. The number of aliphatic carboxylic acids is 1. The number of pyridine rings is 1. The van der Waals surface area contributed by atoms with Gasteiger partial charge in [0.2, 0.25) is 5.91 Å². The number of carboxylic acid groups (broad SMARTS) is 1. The summed E-state index contributed by atoms with van der Waals surface area (Å²) in [6, 6.07) is 4.80. The summed E-state index contributed by atoms with van der Waals surface area (Å²) >= 11 is 0. The molecule has 9 heteroatoms. The first kappa shape index (κ1) is 19.1. The number of amides is 1. The molecule has 0 aliphatic carbocycles. The van der Waals surface area contributed by atoms with Crippen LogP contribution in [0.1, 0.15) is 19.3 Å². The molecule has 9 nitrogen and oxygen atoms in total. The Morgan fingerprint density at radius 1 is 1.37 bits per heavy atom. The summed E-state index contributed by atoms with van der Waals surface area (Å²) in [4.78, 5) is 30.7. The Morgan fingerprint density at radius 3 is 2.74 bits per heavy atom. The molecule has 0 unspecified atom stereocenters. The number of aliphatic hydroxyl groups is 1. The highest BCUT2D eigenvalue weighted by Gasteiger charge is 2.36. The van der Waals surface area contributed by atoms with Crippen LogP contribution < -0.4 is 10.6 Å². The summed E-state index contributed by atoms with van der Waals surface area (Å²) < 4.78 is 2.00. The normalized spacial score (nSPS) is 17.7. The van der Waals surface area contributed by atoms with Gasteiger partial charge in [0, 0.05) is 39.1 Å². The predicted octanol–water partition coefficient (Wildman–Crippen LogP) is -0.0740. The lowest BCUT2D eigenvalue weighted by atomic mass is 9.90. The second-order valence-corrected chi connectivity index (χ2v) is 7.15. The Kier molecular flexibility index (Phi) is 5.33. The molecule has 4 N–H and O–H groups in total. The monoisotopic (exact) mass is 375 g/mol. The van der Waals surface area contributed by atoms with E-state index in [1.807, 2.05) is 28.8 Å². The lowest BCUT2D eigenvalue weighted by Gasteiger charge is -2.41. The standard InChI is InChI=1S/C18H25N5O4/c1-21(17(26)13(19)11-16(24)25)12-18(27)5-8-22(9-6-18)15-4-2-3-14-20-7-10-23(14)15/h2-4,7,10,13,27H,5-6,8-9,11-12,19H2,1H3,(H,24,25)/t13-/m0/s1. The number of anilines is 1. The van der Waals surface area contributed by atoms with Crippen molar-refractivity contribution in [3.8, 4) is 0 Å². The van der Waals surface area contributed by atoms with E-state index >= 15 is 0 Å².